The molecule has 1 aromatic carbocycles. The number of aromatic carboxylic acids is 2. The van der Waals surface area contributed by atoms with Crippen LogP contribution in [0.15, 0.2) is 36.9 Å². The molecule has 1 aromatic rings. The molecule has 6 heteroatoms. The number of hydrogen-bond acceptors (Lipinski definition) is 4. The zero-order chi connectivity index (χ0) is 30.4. The van der Waals surface area contributed by atoms with Crippen molar-refractivity contribution in [1.82, 2.24) is 0 Å². The molecule has 2 N–H and O–H groups in total. The van der Waals surface area contributed by atoms with E-state index in [1.165, 1.54) is 165 Å². The number of esters is 1. The fourth-order valence-corrected chi connectivity index (χ4v) is 4.70. The number of ether oxygens (including phenoxy) is 1. The number of rotatable bonds is 26. The Morgan fingerprint density at radius 2 is 0.829 bits per heavy atom. The van der Waals surface area contributed by atoms with Gasteiger partial charge < -0.3 is 14.9 Å². The van der Waals surface area contributed by atoms with Crippen molar-refractivity contribution in [3.05, 3.63) is 48.0 Å². The van der Waals surface area contributed by atoms with Crippen LogP contribution in [0.4, 0.5) is 0 Å². The Morgan fingerprint density at radius 1 is 0.561 bits per heavy atom. The Morgan fingerprint density at radius 3 is 1.07 bits per heavy atom. The van der Waals surface area contributed by atoms with Crippen LogP contribution in [0, 0.1) is 0 Å². The van der Waals surface area contributed by atoms with E-state index in [1.54, 1.807) is 0 Å². The van der Waals surface area contributed by atoms with Crippen molar-refractivity contribution < 1.29 is 29.3 Å². The second-order valence-electron chi connectivity index (χ2n) is 11.0. The summed E-state index contributed by atoms with van der Waals surface area (Å²) in [7, 11) is 0. The maximum Gasteiger partial charge on any atom is 0.335 e. The molecule has 0 aliphatic heterocycles. The molecule has 0 bridgehead atoms. The van der Waals surface area contributed by atoms with Gasteiger partial charge in [-0.25, -0.2) is 14.4 Å². The van der Waals surface area contributed by atoms with E-state index in [4.69, 9.17) is 14.9 Å². The van der Waals surface area contributed by atoms with Crippen molar-refractivity contribution in [1.29, 1.82) is 0 Å². The van der Waals surface area contributed by atoms with Crippen LogP contribution in [-0.2, 0) is 9.53 Å². The van der Waals surface area contributed by atoms with Crippen molar-refractivity contribution in [2.75, 3.05) is 6.61 Å². The normalized spacial score (nSPS) is 10.5. The number of hydrogen-bond donors (Lipinski definition) is 2. The van der Waals surface area contributed by atoms with E-state index < -0.39 is 11.9 Å². The molecule has 0 amide bonds. The highest BCUT2D eigenvalue weighted by atomic mass is 16.5. The second kappa shape index (κ2) is 28.9. The van der Waals surface area contributed by atoms with Crippen LogP contribution in [0.5, 0.6) is 0 Å². The van der Waals surface area contributed by atoms with Gasteiger partial charge in [0.15, 0.2) is 0 Å². The number of carboxylic acids is 2. The van der Waals surface area contributed by atoms with E-state index >= 15 is 0 Å². The molecule has 0 aromatic heterocycles. The van der Waals surface area contributed by atoms with Crippen LogP contribution in [0.25, 0.3) is 0 Å². The molecule has 41 heavy (non-hydrogen) atoms. The lowest BCUT2D eigenvalue weighted by molar-refractivity contribution is -0.137. The quantitative estimate of drug-likeness (QED) is 0.0648. The van der Waals surface area contributed by atoms with Crippen molar-refractivity contribution in [3.8, 4) is 0 Å². The highest BCUT2D eigenvalue weighted by Crippen LogP contribution is 2.15. The molecule has 6 nitrogen and oxygen atoms in total. The Labute approximate surface area is 250 Å². The zero-order valence-corrected chi connectivity index (χ0v) is 25.9. The number of unbranched alkanes of at least 4 members (excludes halogenated alkanes) is 21. The average Bonchev–Trinajstić information content (AvgIpc) is 2.97. The highest BCUT2D eigenvalue weighted by Gasteiger charge is 2.05. The second-order valence-corrected chi connectivity index (χ2v) is 11.0. The van der Waals surface area contributed by atoms with E-state index in [-0.39, 0.29) is 17.1 Å². The Bertz CT molecular complexity index is 753. The van der Waals surface area contributed by atoms with Crippen molar-refractivity contribution >= 4 is 17.9 Å². The first-order chi connectivity index (χ1) is 19.9. The molecule has 0 aliphatic carbocycles. The molecule has 0 aliphatic rings. The minimum atomic E-state index is -1.06. The third kappa shape index (κ3) is 26.0. The molecule has 234 valence electrons. The van der Waals surface area contributed by atoms with Gasteiger partial charge in [0.1, 0.15) is 0 Å². The van der Waals surface area contributed by atoms with Crippen molar-refractivity contribution in [2.24, 2.45) is 0 Å². The van der Waals surface area contributed by atoms with Gasteiger partial charge in [-0.2, -0.15) is 0 Å². The van der Waals surface area contributed by atoms with E-state index in [9.17, 15) is 14.4 Å². The predicted molar refractivity (Wildman–Crippen MR) is 169 cm³/mol. The topological polar surface area (TPSA) is 101 Å². The molecular formula is C35H58O6. The Balaban J connectivity index is 0.00000110. The summed E-state index contributed by atoms with van der Waals surface area (Å²) in [5.41, 5.74) is 0.167. The third-order valence-electron chi connectivity index (χ3n) is 7.29. The van der Waals surface area contributed by atoms with E-state index in [1.807, 2.05) is 0 Å². The van der Waals surface area contributed by atoms with Crippen LogP contribution in [0.2, 0.25) is 0 Å². The molecule has 0 spiro atoms. The maximum atomic E-state index is 10.9. The number of benzene rings is 1. The van der Waals surface area contributed by atoms with Crippen LogP contribution in [0.1, 0.15) is 169 Å². The first-order valence-electron chi connectivity index (χ1n) is 16.3. The maximum absolute atomic E-state index is 10.9. The average molecular weight is 575 g/mol. The standard InChI is InChI=1S/C27H52O2.C8H6O4/c1-3-5-6-7-8-9-10-11-12-13-14-15-16-17-18-19-20-21-22-23-24-25-26-29-27(28)4-2;9-7(10)5-1-2-6(4-3-5)8(11)12/h4H,2-3,5-26H2,1H3;1-4H,(H,9,10)(H,11,12). The summed E-state index contributed by atoms with van der Waals surface area (Å²) >= 11 is 0. The number of carbonyl (C=O) groups excluding carboxylic acids is 1. The summed E-state index contributed by atoms with van der Waals surface area (Å²) in [5, 5.41) is 16.9. The van der Waals surface area contributed by atoms with Crippen LogP contribution < -0.4 is 0 Å². The molecule has 0 fully saturated rings. The molecule has 1 rings (SSSR count). The molecule has 0 heterocycles. The lowest BCUT2D eigenvalue weighted by Gasteiger charge is -2.04. The molecular weight excluding hydrogens is 516 g/mol. The minimum Gasteiger partial charge on any atom is -0.478 e. The molecule has 0 radical (unpaired) electrons. The smallest absolute Gasteiger partial charge is 0.335 e. The van der Waals surface area contributed by atoms with Gasteiger partial charge in [0.05, 0.1) is 17.7 Å². The minimum absolute atomic E-state index is 0.0833. The Kier molecular flexibility index (Phi) is 27.0. The summed E-state index contributed by atoms with van der Waals surface area (Å²) in [5.74, 6) is -2.42. The van der Waals surface area contributed by atoms with Gasteiger partial charge >= 0.3 is 17.9 Å². The SMILES string of the molecule is C=CC(=O)OCCCCCCCCCCCCCCCCCCCCCCCC.O=C(O)c1ccc(C(=O)O)cc1. The zero-order valence-electron chi connectivity index (χ0n) is 25.9. The predicted octanol–water partition coefficient (Wildman–Crippen LogP) is 10.4. The Hall–Kier alpha value is -2.63. The van der Waals surface area contributed by atoms with Crippen LogP contribution >= 0.6 is 0 Å². The van der Waals surface area contributed by atoms with E-state index in [0.29, 0.717) is 6.61 Å². The lowest BCUT2D eigenvalue weighted by atomic mass is 10.0. The summed E-state index contributed by atoms with van der Waals surface area (Å²) in [6.07, 6.45) is 31.9. The van der Waals surface area contributed by atoms with Gasteiger partial charge in [0.2, 0.25) is 0 Å². The summed E-state index contributed by atoms with van der Waals surface area (Å²) in [6.45, 7) is 6.23. The van der Waals surface area contributed by atoms with Gasteiger partial charge in [0.25, 0.3) is 0 Å². The van der Waals surface area contributed by atoms with Crippen molar-refractivity contribution in [3.63, 3.8) is 0 Å². The van der Waals surface area contributed by atoms with E-state index in [2.05, 4.69) is 13.5 Å². The first kappa shape index (κ1) is 38.4. The first-order valence-corrected chi connectivity index (χ1v) is 16.3. The van der Waals surface area contributed by atoms with Gasteiger partial charge in [0, 0.05) is 6.08 Å². The highest BCUT2D eigenvalue weighted by molar-refractivity contribution is 5.91. The van der Waals surface area contributed by atoms with Gasteiger partial charge in [-0.15, -0.1) is 0 Å². The summed E-state index contributed by atoms with van der Waals surface area (Å²) in [4.78, 5) is 31.6. The fourth-order valence-electron chi connectivity index (χ4n) is 4.70. The molecule has 0 saturated carbocycles. The molecule has 0 atom stereocenters. The fraction of sp³-hybridized carbons (Fsp3) is 0.686. The van der Waals surface area contributed by atoms with Crippen LogP contribution in [0.3, 0.4) is 0 Å². The van der Waals surface area contributed by atoms with Crippen LogP contribution in [-0.4, -0.2) is 34.7 Å². The largest absolute Gasteiger partial charge is 0.478 e. The number of carboxylic acid groups (broad SMARTS) is 2. The summed E-state index contributed by atoms with van der Waals surface area (Å²) in [6, 6.07) is 5.02. The number of carbonyl (C=O) groups is 3. The summed E-state index contributed by atoms with van der Waals surface area (Å²) < 4.78 is 4.98. The van der Waals surface area contributed by atoms with Crippen molar-refractivity contribution in [2.45, 2.75) is 148 Å². The monoisotopic (exact) mass is 574 g/mol. The third-order valence-corrected chi connectivity index (χ3v) is 7.29. The van der Waals surface area contributed by atoms with E-state index in [0.717, 1.165) is 6.42 Å². The molecule has 0 unspecified atom stereocenters. The van der Waals surface area contributed by atoms with Gasteiger partial charge in [-0.3, -0.25) is 0 Å². The van der Waals surface area contributed by atoms with Gasteiger partial charge in [-0.1, -0.05) is 148 Å². The lowest BCUT2D eigenvalue weighted by Crippen LogP contribution is -2.01. The molecule has 0 saturated heterocycles. The van der Waals surface area contributed by atoms with Gasteiger partial charge in [-0.05, 0) is 30.7 Å².